The molecule has 0 spiro atoms. The molecule has 0 atom stereocenters. The van der Waals surface area contributed by atoms with Crippen molar-refractivity contribution in [3.8, 4) is 11.3 Å². The minimum atomic E-state index is 0.00101. The van der Waals surface area contributed by atoms with Crippen LogP contribution in [-0.2, 0) is 6.42 Å². The van der Waals surface area contributed by atoms with Gasteiger partial charge >= 0.3 is 0 Å². The highest BCUT2D eigenvalue weighted by Crippen LogP contribution is 2.25. The maximum atomic E-state index is 11.9. The van der Waals surface area contributed by atoms with E-state index in [-0.39, 0.29) is 5.91 Å². The predicted molar refractivity (Wildman–Crippen MR) is 98.0 cm³/mol. The Morgan fingerprint density at radius 2 is 2.17 bits per heavy atom. The van der Waals surface area contributed by atoms with Gasteiger partial charge in [-0.2, -0.15) is 0 Å². The Balaban J connectivity index is 1.64. The van der Waals surface area contributed by atoms with Crippen molar-refractivity contribution in [1.29, 1.82) is 0 Å². The summed E-state index contributed by atoms with van der Waals surface area (Å²) in [6, 6.07) is 8.04. The molecule has 24 heavy (non-hydrogen) atoms. The third kappa shape index (κ3) is 2.78. The number of carbonyl (C=O) groups excluding carboxylic acids is 1. The van der Waals surface area contributed by atoms with E-state index >= 15 is 0 Å². The molecule has 4 heterocycles. The highest BCUT2D eigenvalue weighted by Gasteiger charge is 2.19. The number of amides is 1. The van der Waals surface area contributed by atoms with Crippen molar-refractivity contribution in [3.05, 3.63) is 63.2 Å². The molecule has 1 aliphatic heterocycles. The van der Waals surface area contributed by atoms with Crippen molar-refractivity contribution < 1.29 is 4.79 Å². The molecular formula is C19H17N3OS. The number of rotatable bonds is 3. The zero-order chi connectivity index (χ0) is 16.5. The van der Waals surface area contributed by atoms with E-state index < -0.39 is 0 Å². The van der Waals surface area contributed by atoms with Gasteiger partial charge < -0.3 is 10.3 Å². The molecule has 0 bridgehead atoms. The predicted octanol–water partition coefficient (Wildman–Crippen LogP) is 3.90. The quantitative estimate of drug-likeness (QED) is 0.762. The highest BCUT2D eigenvalue weighted by atomic mass is 32.1. The van der Waals surface area contributed by atoms with Gasteiger partial charge in [-0.1, -0.05) is 0 Å². The Labute approximate surface area is 144 Å². The maximum absolute atomic E-state index is 11.9. The summed E-state index contributed by atoms with van der Waals surface area (Å²) in [7, 11) is 0. The monoisotopic (exact) mass is 335 g/mol. The number of aryl methyl sites for hydroxylation is 1. The number of aromatic amines is 1. The maximum Gasteiger partial charge on any atom is 0.253 e. The first kappa shape index (κ1) is 14.9. The Hall–Kier alpha value is -2.66. The third-order valence-corrected chi connectivity index (χ3v) is 5.19. The topological polar surface area (TPSA) is 57.8 Å². The summed E-state index contributed by atoms with van der Waals surface area (Å²) in [5.74, 6) is 0.00101. The van der Waals surface area contributed by atoms with Crippen molar-refractivity contribution in [3.63, 3.8) is 0 Å². The van der Waals surface area contributed by atoms with E-state index in [1.807, 2.05) is 24.3 Å². The van der Waals surface area contributed by atoms with Crippen molar-refractivity contribution in [2.75, 3.05) is 6.54 Å². The molecule has 0 saturated carbocycles. The number of H-pyrrole nitrogens is 1. The number of nitrogens with zero attached hydrogens (tertiary/aromatic N) is 1. The van der Waals surface area contributed by atoms with Crippen LogP contribution in [-0.4, -0.2) is 22.4 Å². The van der Waals surface area contributed by atoms with Gasteiger partial charge in [0.2, 0.25) is 0 Å². The van der Waals surface area contributed by atoms with E-state index in [2.05, 4.69) is 39.7 Å². The molecule has 1 amide bonds. The van der Waals surface area contributed by atoms with Crippen molar-refractivity contribution in [1.82, 2.24) is 15.3 Å². The third-order valence-electron chi connectivity index (χ3n) is 4.20. The van der Waals surface area contributed by atoms with Crippen LogP contribution in [0.2, 0.25) is 0 Å². The minimum absolute atomic E-state index is 0.00101. The van der Waals surface area contributed by atoms with Gasteiger partial charge in [-0.25, -0.2) is 0 Å². The molecule has 4 rings (SSSR count). The molecule has 0 aliphatic carbocycles. The lowest BCUT2D eigenvalue weighted by Gasteiger charge is -2.10. The second-order valence-corrected chi connectivity index (χ2v) is 6.80. The van der Waals surface area contributed by atoms with E-state index in [1.54, 1.807) is 17.5 Å². The van der Waals surface area contributed by atoms with Crippen LogP contribution < -0.4 is 5.32 Å². The van der Waals surface area contributed by atoms with Crippen LogP contribution >= 0.6 is 11.3 Å². The second-order valence-electron chi connectivity index (χ2n) is 5.85. The molecule has 0 saturated heterocycles. The molecule has 4 nitrogen and oxygen atoms in total. The van der Waals surface area contributed by atoms with Gasteiger partial charge in [0, 0.05) is 41.0 Å². The molecule has 0 unspecified atom stereocenters. The fourth-order valence-corrected chi connectivity index (χ4v) is 3.69. The largest absolute Gasteiger partial charge is 0.358 e. The van der Waals surface area contributed by atoms with Crippen LogP contribution in [0.15, 0.2) is 35.8 Å². The van der Waals surface area contributed by atoms with Gasteiger partial charge in [0.25, 0.3) is 5.91 Å². The molecule has 3 aromatic rings. The molecule has 0 fully saturated rings. The summed E-state index contributed by atoms with van der Waals surface area (Å²) in [4.78, 5) is 20.9. The van der Waals surface area contributed by atoms with Gasteiger partial charge in [0.15, 0.2) is 0 Å². The number of thiophene rings is 1. The smallest absolute Gasteiger partial charge is 0.253 e. The fraction of sp³-hybridized carbons (Fsp3) is 0.158. The Morgan fingerprint density at radius 3 is 2.96 bits per heavy atom. The minimum Gasteiger partial charge on any atom is -0.358 e. The first-order chi connectivity index (χ1) is 11.7. The fourth-order valence-electron chi connectivity index (χ4n) is 2.87. The van der Waals surface area contributed by atoms with Gasteiger partial charge in [-0.05, 0) is 54.3 Å². The Bertz CT molecular complexity index is 936. The van der Waals surface area contributed by atoms with Crippen LogP contribution in [0.3, 0.4) is 0 Å². The van der Waals surface area contributed by atoms with E-state index in [4.69, 9.17) is 0 Å². The average Bonchev–Trinajstić information content (AvgIpc) is 3.20. The summed E-state index contributed by atoms with van der Waals surface area (Å²) >= 11 is 1.72. The summed E-state index contributed by atoms with van der Waals surface area (Å²) < 4.78 is 0. The van der Waals surface area contributed by atoms with Crippen LogP contribution in [0.4, 0.5) is 0 Å². The highest BCUT2D eigenvalue weighted by molar-refractivity contribution is 7.11. The zero-order valence-electron chi connectivity index (χ0n) is 13.3. The van der Waals surface area contributed by atoms with Crippen molar-refractivity contribution in [2.24, 2.45) is 0 Å². The number of aromatic nitrogens is 2. The molecule has 2 N–H and O–H groups in total. The molecular weight excluding hydrogens is 318 g/mol. The zero-order valence-corrected chi connectivity index (χ0v) is 14.1. The standard InChI is InChI=1S/C19H17N3OS/c1-12-6-9-24-18(12)3-2-14-10-13(4-7-20-14)17-11-15-16(22-17)5-8-21-19(15)23/h2-4,6-7,9-11,22H,5,8H2,1H3,(H,21,23)/b3-2-. The molecule has 0 aromatic carbocycles. The second kappa shape index (κ2) is 6.09. The first-order valence-corrected chi connectivity index (χ1v) is 8.77. The van der Waals surface area contributed by atoms with E-state index in [9.17, 15) is 4.79 Å². The van der Waals surface area contributed by atoms with Crippen LogP contribution in [0.1, 0.15) is 32.2 Å². The van der Waals surface area contributed by atoms with Gasteiger partial charge in [0.1, 0.15) is 0 Å². The summed E-state index contributed by atoms with van der Waals surface area (Å²) in [6.45, 7) is 2.80. The van der Waals surface area contributed by atoms with E-state index in [0.717, 1.165) is 34.6 Å². The lowest BCUT2D eigenvalue weighted by Crippen LogP contribution is -2.31. The van der Waals surface area contributed by atoms with Gasteiger partial charge in [0.05, 0.1) is 11.3 Å². The number of fused-ring (bicyclic) bond motifs is 1. The van der Waals surface area contributed by atoms with Crippen LogP contribution in [0.5, 0.6) is 0 Å². The Morgan fingerprint density at radius 1 is 1.25 bits per heavy atom. The average molecular weight is 335 g/mol. The normalized spacial score (nSPS) is 14.0. The number of hydrogen-bond donors (Lipinski definition) is 2. The van der Waals surface area contributed by atoms with Crippen LogP contribution in [0, 0.1) is 6.92 Å². The number of pyridine rings is 1. The molecule has 0 radical (unpaired) electrons. The van der Waals surface area contributed by atoms with Gasteiger partial charge in [-0.3, -0.25) is 9.78 Å². The molecule has 120 valence electrons. The lowest BCUT2D eigenvalue weighted by molar-refractivity contribution is 0.0946. The molecule has 3 aromatic heterocycles. The van der Waals surface area contributed by atoms with Crippen LogP contribution in [0.25, 0.3) is 23.4 Å². The number of carbonyl (C=O) groups is 1. The molecule has 5 heteroatoms. The summed E-state index contributed by atoms with van der Waals surface area (Å²) in [5.41, 5.74) is 5.93. The number of nitrogens with one attached hydrogen (secondary N) is 2. The molecule has 1 aliphatic rings. The first-order valence-electron chi connectivity index (χ1n) is 7.89. The Kier molecular flexibility index (Phi) is 3.78. The SMILES string of the molecule is Cc1ccsc1/C=C\c1cc(-c2cc3c([nH]2)CCNC3=O)ccn1. The van der Waals surface area contributed by atoms with E-state index in [0.29, 0.717) is 6.54 Å². The van der Waals surface area contributed by atoms with Crippen molar-refractivity contribution in [2.45, 2.75) is 13.3 Å². The van der Waals surface area contributed by atoms with Gasteiger partial charge in [-0.15, -0.1) is 11.3 Å². The number of hydrogen-bond acceptors (Lipinski definition) is 3. The van der Waals surface area contributed by atoms with E-state index in [1.165, 1.54) is 10.4 Å². The lowest BCUT2D eigenvalue weighted by atomic mass is 10.1. The van der Waals surface area contributed by atoms with Crippen molar-refractivity contribution >= 4 is 29.4 Å². The summed E-state index contributed by atoms with van der Waals surface area (Å²) in [6.07, 6.45) is 6.77. The summed E-state index contributed by atoms with van der Waals surface area (Å²) in [5, 5.41) is 4.96.